The van der Waals surface area contributed by atoms with Crippen LogP contribution in [0, 0.1) is 11.8 Å². The lowest BCUT2D eigenvalue weighted by Crippen LogP contribution is -2.41. The minimum Gasteiger partial charge on any atom is -0.384 e. The van der Waals surface area contributed by atoms with Crippen molar-refractivity contribution in [2.75, 3.05) is 20.2 Å². The van der Waals surface area contributed by atoms with E-state index in [1.165, 1.54) is 12.8 Å². The molecule has 0 radical (unpaired) electrons. The van der Waals surface area contributed by atoms with Crippen LogP contribution in [0.2, 0.25) is 0 Å². The highest BCUT2D eigenvalue weighted by Crippen LogP contribution is 2.26. The predicted octanol–water partition coefficient (Wildman–Crippen LogP) is 1.24. The van der Waals surface area contributed by atoms with Crippen molar-refractivity contribution in [2.45, 2.75) is 31.8 Å². The van der Waals surface area contributed by atoms with Crippen LogP contribution in [-0.4, -0.2) is 48.2 Å². The SMILES string of the molecule is CC(CNC(=O)c1ccc(C#CCO)cc1)N(C)C1CC1. The second kappa shape index (κ2) is 7.26. The molecule has 21 heavy (non-hydrogen) atoms. The van der Waals surface area contributed by atoms with Crippen molar-refractivity contribution in [3.63, 3.8) is 0 Å². The summed E-state index contributed by atoms with van der Waals surface area (Å²) >= 11 is 0. The lowest BCUT2D eigenvalue weighted by molar-refractivity contribution is 0.0939. The zero-order valence-electron chi connectivity index (χ0n) is 12.6. The summed E-state index contributed by atoms with van der Waals surface area (Å²) < 4.78 is 0. The molecule has 112 valence electrons. The molecule has 2 N–H and O–H groups in total. The van der Waals surface area contributed by atoms with Gasteiger partial charge < -0.3 is 10.4 Å². The normalized spacial score (nSPS) is 15.2. The Morgan fingerprint density at radius 2 is 2.10 bits per heavy atom. The molecule has 1 aromatic rings. The summed E-state index contributed by atoms with van der Waals surface area (Å²) in [5, 5.41) is 11.6. The lowest BCUT2D eigenvalue weighted by atomic mass is 10.1. The quantitative estimate of drug-likeness (QED) is 0.801. The van der Waals surface area contributed by atoms with Crippen molar-refractivity contribution in [3.05, 3.63) is 35.4 Å². The van der Waals surface area contributed by atoms with E-state index in [0.717, 1.165) is 5.56 Å². The second-order valence-electron chi connectivity index (χ2n) is 5.49. The van der Waals surface area contributed by atoms with E-state index in [2.05, 4.69) is 36.0 Å². The van der Waals surface area contributed by atoms with E-state index in [1.54, 1.807) is 24.3 Å². The molecule has 0 spiro atoms. The Bertz CT molecular complexity index is 538. The van der Waals surface area contributed by atoms with Crippen molar-refractivity contribution >= 4 is 5.91 Å². The Kier molecular flexibility index (Phi) is 5.38. The fraction of sp³-hybridized carbons (Fsp3) is 0.471. The van der Waals surface area contributed by atoms with Crippen molar-refractivity contribution < 1.29 is 9.90 Å². The third-order valence-corrected chi connectivity index (χ3v) is 3.83. The number of rotatable bonds is 5. The van der Waals surface area contributed by atoms with Gasteiger partial charge in [-0.2, -0.15) is 0 Å². The van der Waals surface area contributed by atoms with Gasteiger partial charge in [-0.1, -0.05) is 11.8 Å². The molecule has 1 aromatic carbocycles. The standard InChI is InChI=1S/C17H22N2O2/c1-13(19(2)16-9-10-16)12-18-17(21)15-7-5-14(6-8-15)4-3-11-20/h5-8,13,16,20H,9-12H2,1-2H3,(H,18,21). The Balaban J connectivity index is 1.85. The molecule has 1 atom stereocenters. The summed E-state index contributed by atoms with van der Waals surface area (Å²) in [6.07, 6.45) is 2.54. The Morgan fingerprint density at radius 3 is 2.67 bits per heavy atom. The molecule has 4 heteroatoms. The number of amides is 1. The van der Waals surface area contributed by atoms with Crippen molar-refractivity contribution in [1.29, 1.82) is 0 Å². The van der Waals surface area contributed by atoms with Gasteiger partial charge in [0.1, 0.15) is 6.61 Å². The van der Waals surface area contributed by atoms with E-state index in [9.17, 15) is 4.79 Å². The summed E-state index contributed by atoms with van der Waals surface area (Å²) in [5.74, 6) is 5.33. The monoisotopic (exact) mass is 286 g/mol. The molecular formula is C17H22N2O2. The Morgan fingerprint density at radius 1 is 1.43 bits per heavy atom. The first-order valence-electron chi connectivity index (χ1n) is 7.31. The summed E-state index contributed by atoms with van der Waals surface area (Å²) in [4.78, 5) is 14.4. The van der Waals surface area contributed by atoms with E-state index in [4.69, 9.17) is 5.11 Å². The van der Waals surface area contributed by atoms with E-state index in [-0.39, 0.29) is 12.5 Å². The largest absolute Gasteiger partial charge is 0.384 e. The lowest BCUT2D eigenvalue weighted by Gasteiger charge is -2.24. The van der Waals surface area contributed by atoms with Crippen LogP contribution >= 0.6 is 0 Å². The summed E-state index contributed by atoms with van der Waals surface area (Å²) in [5.41, 5.74) is 1.42. The second-order valence-corrected chi connectivity index (χ2v) is 5.49. The van der Waals surface area contributed by atoms with Gasteiger partial charge in [0.15, 0.2) is 0 Å². The van der Waals surface area contributed by atoms with Crippen LogP contribution in [0.1, 0.15) is 35.7 Å². The number of aliphatic hydroxyl groups excluding tert-OH is 1. The van der Waals surface area contributed by atoms with Crippen LogP contribution < -0.4 is 5.32 Å². The molecule has 1 aliphatic rings. The van der Waals surface area contributed by atoms with Crippen LogP contribution in [0.3, 0.4) is 0 Å². The molecular weight excluding hydrogens is 264 g/mol. The molecule has 0 aromatic heterocycles. The highest BCUT2D eigenvalue weighted by atomic mass is 16.2. The number of aliphatic hydroxyl groups is 1. The maximum absolute atomic E-state index is 12.1. The minimum atomic E-state index is -0.158. The van der Waals surface area contributed by atoms with Crippen LogP contribution in [0.25, 0.3) is 0 Å². The molecule has 2 rings (SSSR count). The van der Waals surface area contributed by atoms with Crippen LogP contribution in [-0.2, 0) is 0 Å². The van der Waals surface area contributed by atoms with Gasteiger partial charge in [-0.25, -0.2) is 0 Å². The summed E-state index contributed by atoms with van der Waals surface area (Å²) in [6.45, 7) is 2.62. The highest BCUT2D eigenvalue weighted by molar-refractivity contribution is 5.94. The van der Waals surface area contributed by atoms with E-state index < -0.39 is 0 Å². The van der Waals surface area contributed by atoms with Crippen LogP contribution in [0.5, 0.6) is 0 Å². The number of hydrogen-bond donors (Lipinski definition) is 2. The fourth-order valence-corrected chi connectivity index (χ4v) is 2.17. The molecule has 1 amide bonds. The topological polar surface area (TPSA) is 52.6 Å². The van der Waals surface area contributed by atoms with Gasteiger partial charge in [0.2, 0.25) is 0 Å². The first-order chi connectivity index (χ1) is 10.1. The molecule has 0 saturated heterocycles. The number of benzene rings is 1. The number of hydrogen-bond acceptors (Lipinski definition) is 3. The molecule has 0 aliphatic heterocycles. The van der Waals surface area contributed by atoms with Crippen molar-refractivity contribution in [2.24, 2.45) is 0 Å². The average Bonchev–Trinajstić information content (AvgIpc) is 3.34. The first-order valence-corrected chi connectivity index (χ1v) is 7.31. The third kappa shape index (κ3) is 4.59. The predicted molar refractivity (Wildman–Crippen MR) is 83.0 cm³/mol. The van der Waals surface area contributed by atoms with E-state index >= 15 is 0 Å². The Hall–Kier alpha value is -1.83. The minimum absolute atomic E-state index is 0.0623. The first kappa shape index (κ1) is 15.6. The molecule has 1 aliphatic carbocycles. The van der Waals surface area contributed by atoms with Gasteiger partial charge in [-0.05, 0) is 51.1 Å². The van der Waals surface area contributed by atoms with E-state index in [1.807, 2.05) is 0 Å². The van der Waals surface area contributed by atoms with Crippen LogP contribution in [0.4, 0.5) is 0 Å². The van der Waals surface area contributed by atoms with Crippen LogP contribution in [0.15, 0.2) is 24.3 Å². The van der Waals surface area contributed by atoms with E-state index in [0.29, 0.717) is 24.2 Å². The summed E-state index contributed by atoms with van der Waals surface area (Å²) in [7, 11) is 2.11. The third-order valence-electron chi connectivity index (χ3n) is 3.83. The van der Waals surface area contributed by atoms with Crippen molar-refractivity contribution in [3.8, 4) is 11.8 Å². The number of likely N-dealkylation sites (N-methyl/N-ethyl adjacent to an activating group) is 1. The molecule has 1 fully saturated rings. The van der Waals surface area contributed by atoms with Gasteiger partial charge in [-0.15, -0.1) is 0 Å². The molecule has 4 nitrogen and oxygen atoms in total. The Labute approximate surface area is 126 Å². The number of carbonyl (C=O) groups is 1. The summed E-state index contributed by atoms with van der Waals surface area (Å²) in [6, 6.07) is 8.13. The van der Waals surface area contributed by atoms with Gasteiger partial charge in [-0.3, -0.25) is 9.69 Å². The number of nitrogens with one attached hydrogen (secondary N) is 1. The average molecular weight is 286 g/mol. The molecule has 1 saturated carbocycles. The molecule has 0 heterocycles. The smallest absolute Gasteiger partial charge is 0.251 e. The van der Waals surface area contributed by atoms with Gasteiger partial charge in [0, 0.05) is 29.8 Å². The maximum atomic E-state index is 12.1. The zero-order chi connectivity index (χ0) is 15.2. The van der Waals surface area contributed by atoms with Crippen molar-refractivity contribution in [1.82, 2.24) is 10.2 Å². The maximum Gasteiger partial charge on any atom is 0.251 e. The zero-order valence-corrected chi connectivity index (χ0v) is 12.6. The van der Waals surface area contributed by atoms with Gasteiger partial charge >= 0.3 is 0 Å². The highest BCUT2D eigenvalue weighted by Gasteiger charge is 2.29. The number of nitrogens with zero attached hydrogens (tertiary/aromatic N) is 1. The van der Waals surface area contributed by atoms with Gasteiger partial charge in [0.25, 0.3) is 5.91 Å². The molecule has 1 unspecified atom stereocenters. The number of carbonyl (C=O) groups excluding carboxylic acids is 1. The molecule has 0 bridgehead atoms. The fourth-order valence-electron chi connectivity index (χ4n) is 2.17. The van der Waals surface area contributed by atoms with Gasteiger partial charge in [0.05, 0.1) is 0 Å².